The fourth-order valence-electron chi connectivity index (χ4n) is 4.82. The predicted molar refractivity (Wildman–Crippen MR) is 144 cm³/mol. The van der Waals surface area contributed by atoms with E-state index in [2.05, 4.69) is 22.3 Å². The number of hydrogen-bond donors (Lipinski definition) is 1. The van der Waals surface area contributed by atoms with Crippen LogP contribution in [0.2, 0.25) is 5.02 Å². The lowest BCUT2D eigenvalue weighted by atomic mass is 10.1. The second-order valence-electron chi connectivity index (χ2n) is 9.44. The van der Waals surface area contributed by atoms with E-state index in [1.54, 1.807) is 24.3 Å². The number of nitrogens with zero attached hydrogens (tertiary/aromatic N) is 2. The van der Waals surface area contributed by atoms with Crippen LogP contribution in [-0.4, -0.2) is 45.0 Å². The first kappa shape index (κ1) is 25.6. The van der Waals surface area contributed by atoms with Crippen LogP contribution in [0.4, 0.5) is 5.69 Å². The van der Waals surface area contributed by atoms with Crippen LogP contribution in [-0.2, 0) is 27.9 Å². The highest BCUT2D eigenvalue weighted by atomic mass is 35.5. The van der Waals surface area contributed by atoms with Crippen molar-refractivity contribution in [2.24, 2.45) is 0 Å². The van der Waals surface area contributed by atoms with Gasteiger partial charge in [-0.15, -0.1) is 0 Å². The predicted octanol–water partition coefficient (Wildman–Crippen LogP) is 4.60. The van der Waals surface area contributed by atoms with Crippen molar-refractivity contribution in [2.45, 2.75) is 43.4 Å². The number of benzene rings is 3. The van der Waals surface area contributed by atoms with Gasteiger partial charge in [-0.1, -0.05) is 54.4 Å². The van der Waals surface area contributed by atoms with Gasteiger partial charge in [0.25, 0.3) is 15.9 Å². The van der Waals surface area contributed by atoms with Gasteiger partial charge in [0.05, 0.1) is 17.1 Å². The third-order valence-electron chi connectivity index (χ3n) is 6.74. The number of anilines is 1. The summed E-state index contributed by atoms with van der Waals surface area (Å²) in [5.41, 5.74) is 2.60. The van der Waals surface area contributed by atoms with Crippen LogP contribution in [0.1, 0.15) is 30.4 Å². The van der Waals surface area contributed by atoms with Crippen LogP contribution in [0.25, 0.3) is 0 Å². The number of halogens is 1. The lowest BCUT2D eigenvalue weighted by Gasteiger charge is -2.34. The SMILES string of the molecule is O=C(NCc1cccc(CN2CCCCC2)c1)C1CN(S(=O)(=O)c2ccc(Cl)cc2)c2ccccc2O1. The number of hydrogen-bond acceptors (Lipinski definition) is 5. The molecule has 0 bridgehead atoms. The molecule has 0 aromatic heterocycles. The van der Waals surface area contributed by atoms with E-state index in [0.717, 1.165) is 25.2 Å². The Kier molecular flexibility index (Phi) is 7.69. The molecule has 9 heteroatoms. The maximum atomic E-state index is 13.5. The van der Waals surface area contributed by atoms with E-state index in [1.807, 2.05) is 12.1 Å². The van der Waals surface area contributed by atoms with Crippen molar-refractivity contribution >= 4 is 33.2 Å². The molecule has 5 rings (SSSR count). The van der Waals surface area contributed by atoms with Gasteiger partial charge in [-0.05, 0) is 73.5 Å². The molecule has 1 unspecified atom stereocenters. The zero-order chi connectivity index (χ0) is 25.8. The molecule has 2 aliphatic rings. The summed E-state index contributed by atoms with van der Waals surface area (Å²) >= 11 is 5.95. The maximum Gasteiger partial charge on any atom is 0.264 e. The zero-order valence-electron chi connectivity index (χ0n) is 20.5. The molecule has 0 spiro atoms. The summed E-state index contributed by atoms with van der Waals surface area (Å²) in [7, 11) is -3.94. The largest absolute Gasteiger partial charge is 0.476 e. The molecule has 3 aromatic carbocycles. The lowest BCUT2D eigenvalue weighted by molar-refractivity contribution is -0.127. The number of piperidine rings is 1. The molecule has 1 fully saturated rings. The molecule has 37 heavy (non-hydrogen) atoms. The second kappa shape index (κ2) is 11.1. The van der Waals surface area contributed by atoms with Crippen LogP contribution in [0.5, 0.6) is 5.75 Å². The molecule has 1 atom stereocenters. The molecule has 0 saturated carbocycles. The topological polar surface area (TPSA) is 79.0 Å². The van der Waals surface area contributed by atoms with Gasteiger partial charge in [0.2, 0.25) is 0 Å². The second-order valence-corrected chi connectivity index (χ2v) is 11.7. The Morgan fingerprint density at radius 2 is 1.68 bits per heavy atom. The maximum absolute atomic E-state index is 13.5. The number of nitrogens with one attached hydrogen (secondary N) is 1. The monoisotopic (exact) mass is 539 g/mol. The van der Waals surface area contributed by atoms with Gasteiger partial charge in [-0.3, -0.25) is 14.0 Å². The summed E-state index contributed by atoms with van der Waals surface area (Å²) in [6.07, 6.45) is 2.79. The minimum Gasteiger partial charge on any atom is -0.476 e. The highest BCUT2D eigenvalue weighted by Crippen LogP contribution is 2.37. The summed E-state index contributed by atoms with van der Waals surface area (Å²) in [4.78, 5) is 15.7. The molecule has 1 N–H and O–H groups in total. The number of carbonyl (C=O) groups is 1. The third-order valence-corrected chi connectivity index (χ3v) is 8.79. The van der Waals surface area contributed by atoms with Gasteiger partial charge in [-0.2, -0.15) is 0 Å². The van der Waals surface area contributed by atoms with Crippen LogP contribution in [0.15, 0.2) is 77.7 Å². The fraction of sp³-hybridized carbons (Fsp3) is 0.321. The number of amides is 1. The smallest absolute Gasteiger partial charge is 0.264 e. The number of rotatable bonds is 7. The third kappa shape index (κ3) is 5.92. The number of carbonyl (C=O) groups excluding carboxylic acids is 1. The van der Waals surface area contributed by atoms with E-state index in [9.17, 15) is 13.2 Å². The van der Waals surface area contributed by atoms with Crippen LogP contribution >= 0.6 is 11.6 Å². The van der Waals surface area contributed by atoms with E-state index in [4.69, 9.17) is 16.3 Å². The Morgan fingerprint density at radius 1 is 0.946 bits per heavy atom. The van der Waals surface area contributed by atoms with Gasteiger partial charge in [0.15, 0.2) is 6.10 Å². The molecule has 2 heterocycles. The van der Waals surface area contributed by atoms with Crippen molar-refractivity contribution in [2.75, 3.05) is 23.9 Å². The molecule has 1 amide bonds. The first-order valence-corrected chi connectivity index (χ1v) is 14.3. The molecule has 1 saturated heterocycles. The number of para-hydroxylation sites is 2. The van der Waals surface area contributed by atoms with Crippen molar-refractivity contribution in [3.63, 3.8) is 0 Å². The van der Waals surface area contributed by atoms with E-state index in [-0.39, 0.29) is 17.3 Å². The zero-order valence-corrected chi connectivity index (χ0v) is 22.0. The average molecular weight is 540 g/mol. The summed E-state index contributed by atoms with van der Waals surface area (Å²) < 4.78 is 34.2. The molecule has 0 aliphatic carbocycles. The van der Waals surface area contributed by atoms with E-state index in [1.165, 1.54) is 53.4 Å². The minimum atomic E-state index is -3.94. The van der Waals surface area contributed by atoms with Crippen molar-refractivity contribution in [1.82, 2.24) is 10.2 Å². The molecule has 0 radical (unpaired) electrons. The van der Waals surface area contributed by atoms with Crippen LogP contribution in [0.3, 0.4) is 0 Å². The lowest BCUT2D eigenvalue weighted by Crippen LogP contribution is -2.50. The molecular weight excluding hydrogens is 510 g/mol. The standard InChI is InChI=1S/C28H30ClN3O4S/c29-23-11-13-24(14-12-23)37(34,35)32-20-27(36-26-10-3-2-9-25(26)32)28(33)30-18-21-7-6-8-22(17-21)19-31-15-4-1-5-16-31/h2-3,6-14,17,27H,1,4-5,15-16,18-20H2,(H,30,33). The molecular formula is C28H30ClN3O4S. The van der Waals surface area contributed by atoms with Gasteiger partial charge < -0.3 is 10.1 Å². The van der Waals surface area contributed by atoms with Crippen molar-refractivity contribution < 1.29 is 17.9 Å². The summed E-state index contributed by atoms with van der Waals surface area (Å²) in [5, 5.41) is 3.38. The van der Waals surface area contributed by atoms with Crippen molar-refractivity contribution in [3.05, 3.63) is 88.9 Å². The summed E-state index contributed by atoms with van der Waals surface area (Å²) in [5.74, 6) is -0.0257. The van der Waals surface area contributed by atoms with Gasteiger partial charge in [-0.25, -0.2) is 8.42 Å². The fourth-order valence-corrected chi connectivity index (χ4v) is 6.42. The van der Waals surface area contributed by atoms with Crippen molar-refractivity contribution in [3.8, 4) is 5.75 Å². The Labute approximate surface area is 223 Å². The van der Waals surface area contributed by atoms with Gasteiger partial charge >= 0.3 is 0 Å². The number of fused-ring (bicyclic) bond motifs is 1. The van der Waals surface area contributed by atoms with Gasteiger partial charge in [0, 0.05) is 18.1 Å². The Hall–Kier alpha value is -3.07. The summed E-state index contributed by atoms with van der Waals surface area (Å²) in [6.45, 7) is 3.34. The molecule has 194 valence electrons. The van der Waals surface area contributed by atoms with E-state index in [0.29, 0.717) is 23.0 Å². The van der Waals surface area contributed by atoms with Crippen LogP contribution in [0, 0.1) is 0 Å². The Bertz CT molecular complexity index is 1360. The van der Waals surface area contributed by atoms with E-state index < -0.39 is 16.1 Å². The minimum absolute atomic E-state index is 0.0956. The Morgan fingerprint density at radius 3 is 2.46 bits per heavy atom. The van der Waals surface area contributed by atoms with Gasteiger partial charge in [0.1, 0.15) is 5.75 Å². The highest BCUT2D eigenvalue weighted by molar-refractivity contribution is 7.92. The molecule has 3 aromatic rings. The molecule has 7 nitrogen and oxygen atoms in total. The van der Waals surface area contributed by atoms with Crippen molar-refractivity contribution in [1.29, 1.82) is 0 Å². The summed E-state index contributed by atoms with van der Waals surface area (Å²) in [6, 6.07) is 21.0. The first-order valence-electron chi connectivity index (χ1n) is 12.5. The van der Waals surface area contributed by atoms with Crippen LogP contribution < -0.4 is 14.4 Å². The number of ether oxygens (including phenoxy) is 1. The average Bonchev–Trinajstić information content (AvgIpc) is 2.92. The Balaban J connectivity index is 1.29. The quantitative estimate of drug-likeness (QED) is 0.475. The number of likely N-dealkylation sites (tertiary alicyclic amines) is 1. The first-order chi connectivity index (χ1) is 17.9. The number of sulfonamides is 1. The van der Waals surface area contributed by atoms with E-state index >= 15 is 0 Å². The normalized spacial score (nSPS) is 18.1. The molecule has 2 aliphatic heterocycles. The highest BCUT2D eigenvalue weighted by Gasteiger charge is 2.37.